The largest absolute Gasteiger partial charge is 0.494 e. The second-order valence-corrected chi connectivity index (χ2v) is 8.14. The third kappa shape index (κ3) is 7.80. The maximum atomic E-state index is 12.7. The van der Waals surface area contributed by atoms with Gasteiger partial charge in [0.2, 0.25) is 0 Å². The Balaban J connectivity index is 1.64. The zero-order valence-electron chi connectivity index (χ0n) is 18.0. The Morgan fingerprint density at radius 3 is 2.73 bits per heavy atom. The maximum absolute atomic E-state index is 12.7. The van der Waals surface area contributed by atoms with Crippen LogP contribution in [0.25, 0.3) is 0 Å². The first-order chi connectivity index (χ1) is 14.7. The minimum Gasteiger partial charge on any atom is -0.494 e. The molecule has 6 nitrogen and oxygen atoms in total. The average Bonchev–Trinajstić information content (AvgIpc) is 3.12. The molecule has 0 saturated carbocycles. The molecule has 0 N–H and O–H groups in total. The molecular formula is C23H33N3O3S. The van der Waals surface area contributed by atoms with E-state index in [0.717, 1.165) is 55.9 Å². The van der Waals surface area contributed by atoms with E-state index in [0.29, 0.717) is 13.2 Å². The molecule has 1 fully saturated rings. The lowest BCUT2D eigenvalue weighted by Crippen LogP contribution is -2.27. The zero-order chi connectivity index (χ0) is 21.6. The van der Waals surface area contributed by atoms with Crippen LogP contribution < -0.4 is 4.74 Å². The SMILES string of the molecule is C=C/C=C(\C=C/C)N1CCN(CCCCCOc2ccc(/C=N/OCC)cc2)S1=O. The topological polar surface area (TPSA) is 54.4 Å². The Kier molecular flexibility index (Phi) is 11.0. The number of ether oxygens (including phenoxy) is 1. The van der Waals surface area contributed by atoms with Crippen LogP contribution in [0.2, 0.25) is 0 Å². The van der Waals surface area contributed by atoms with Crippen LogP contribution in [0.1, 0.15) is 38.7 Å². The van der Waals surface area contributed by atoms with E-state index in [9.17, 15) is 4.21 Å². The van der Waals surface area contributed by atoms with Gasteiger partial charge in [0.25, 0.3) is 0 Å². The molecular weight excluding hydrogens is 398 g/mol. The molecule has 1 aromatic carbocycles. The van der Waals surface area contributed by atoms with Crippen LogP contribution in [-0.4, -0.2) is 51.9 Å². The van der Waals surface area contributed by atoms with E-state index in [1.165, 1.54) is 0 Å². The molecule has 0 radical (unpaired) electrons. The summed E-state index contributed by atoms with van der Waals surface area (Å²) in [6.45, 7) is 11.3. The minimum absolute atomic E-state index is 0.563. The van der Waals surface area contributed by atoms with Crippen LogP contribution in [0.15, 0.2) is 66.0 Å². The Morgan fingerprint density at radius 2 is 2.03 bits per heavy atom. The van der Waals surface area contributed by atoms with Gasteiger partial charge in [0.1, 0.15) is 12.4 Å². The van der Waals surface area contributed by atoms with Crippen LogP contribution in [0, 0.1) is 0 Å². The van der Waals surface area contributed by atoms with Gasteiger partial charge in [-0.05, 0) is 75.1 Å². The van der Waals surface area contributed by atoms with E-state index in [4.69, 9.17) is 9.57 Å². The highest BCUT2D eigenvalue weighted by molar-refractivity contribution is 7.80. The quantitative estimate of drug-likeness (QED) is 0.201. The van der Waals surface area contributed by atoms with Crippen molar-refractivity contribution >= 4 is 17.4 Å². The molecule has 7 heteroatoms. The van der Waals surface area contributed by atoms with Gasteiger partial charge in [-0.25, -0.2) is 8.51 Å². The molecule has 1 unspecified atom stereocenters. The van der Waals surface area contributed by atoms with Gasteiger partial charge >= 0.3 is 0 Å². The molecule has 0 aliphatic carbocycles. The van der Waals surface area contributed by atoms with E-state index < -0.39 is 11.2 Å². The highest BCUT2D eigenvalue weighted by Gasteiger charge is 2.28. The molecule has 30 heavy (non-hydrogen) atoms. The van der Waals surface area contributed by atoms with Gasteiger partial charge in [-0.3, -0.25) is 4.31 Å². The number of benzene rings is 1. The van der Waals surface area contributed by atoms with Crippen molar-refractivity contribution in [2.24, 2.45) is 5.16 Å². The van der Waals surface area contributed by atoms with Crippen molar-refractivity contribution in [2.45, 2.75) is 33.1 Å². The van der Waals surface area contributed by atoms with E-state index >= 15 is 0 Å². The van der Waals surface area contributed by atoms with Crippen molar-refractivity contribution in [2.75, 3.05) is 32.8 Å². The van der Waals surface area contributed by atoms with Crippen molar-refractivity contribution in [1.29, 1.82) is 0 Å². The number of unbranched alkanes of at least 4 members (excludes halogenated alkanes) is 2. The summed E-state index contributed by atoms with van der Waals surface area (Å²) in [6, 6.07) is 7.78. The Labute approximate surface area is 183 Å². The van der Waals surface area contributed by atoms with Gasteiger partial charge in [0.05, 0.1) is 18.5 Å². The fourth-order valence-corrected chi connectivity index (χ4v) is 4.34. The van der Waals surface area contributed by atoms with Crippen LogP contribution in [-0.2, 0) is 16.0 Å². The molecule has 0 aromatic heterocycles. The molecule has 2 rings (SSSR count). The van der Waals surface area contributed by atoms with Crippen molar-refractivity contribution in [3.8, 4) is 5.75 Å². The predicted molar refractivity (Wildman–Crippen MR) is 125 cm³/mol. The number of rotatable bonds is 13. The first kappa shape index (κ1) is 23.9. The minimum atomic E-state index is -1.13. The number of oxime groups is 1. The fourth-order valence-electron chi connectivity index (χ4n) is 3.00. The second kappa shape index (κ2) is 13.8. The second-order valence-electron chi connectivity index (χ2n) is 6.72. The molecule has 1 atom stereocenters. The van der Waals surface area contributed by atoms with Gasteiger partial charge in [-0.15, -0.1) is 0 Å². The van der Waals surface area contributed by atoms with Crippen molar-refractivity contribution in [3.63, 3.8) is 0 Å². The highest BCUT2D eigenvalue weighted by atomic mass is 32.2. The summed E-state index contributed by atoms with van der Waals surface area (Å²) in [6.07, 6.45) is 12.3. The summed E-state index contributed by atoms with van der Waals surface area (Å²) in [5, 5.41) is 3.85. The zero-order valence-corrected chi connectivity index (χ0v) is 18.9. The molecule has 1 heterocycles. The summed E-state index contributed by atoms with van der Waals surface area (Å²) in [5.74, 6) is 0.852. The van der Waals surface area contributed by atoms with Gasteiger partial charge in [0, 0.05) is 19.6 Å². The van der Waals surface area contributed by atoms with Crippen molar-refractivity contribution < 1.29 is 13.8 Å². The van der Waals surface area contributed by atoms with E-state index in [1.807, 2.05) is 65.0 Å². The Morgan fingerprint density at radius 1 is 1.23 bits per heavy atom. The highest BCUT2D eigenvalue weighted by Crippen LogP contribution is 2.20. The fraction of sp³-hybridized carbons (Fsp3) is 0.435. The molecule has 1 aromatic rings. The van der Waals surface area contributed by atoms with Gasteiger partial charge in [-0.2, -0.15) is 0 Å². The number of nitrogens with zero attached hydrogens (tertiary/aromatic N) is 3. The Hall–Kier alpha value is -2.38. The summed E-state index contributed by atoms with van der Waals surface area (Å²) in [4.78, 5) is 4.96. The lowest BCUT2D eigenvalue weighted by Gasteiger charge is -2.19. The van der Waals surface area contributed by atoms with Crippen LogP contribution in [0.5, 0.6) is 5.75 Å². The average molecular weight is 432 g/mol. The van der Waals surface area contributed by atoms with E-state index in [-0.39, 0.29) is 0 Å². The first-order valence-corrected chi connectivity index (χ1v) is 11.5. The number of hydrogen-bond donors (Lipinski definition) is 0. The summed E-state index contributed by atoms with van der Waals surface area (Å²) < 4.78 is 22.5. The summed E-state index contributed by atoms with van der Waals surface area (Å²) in [7, 11) is 0. The standard InChI is InChI=1S/C23H33N3O3S/c1-4-10-22(11-5-2)26-18-17-25(30(26)27)16-8-7-9-19-28-23-14-12-21(13-15-23)20-24-29-6-3/h4-5,10-15,20H,1,6-9,16-19H2,2-3H3/b11-5-,22-10+,24-20+. The van der Waals surface area contributed by atoms with Gasteiger partial charge in [-0.1, -0.05) is 23.9 Å². The molecule has 1 aliphatic heterocycles. The van der Waals surface area contributed by atoms with Gasteiger partial charge in [0.15, 0.2) is 11.2 Å². The lowest BCUT2D eigenvalue weighted by molar-refractivity contribution is 0.160. The molecule has 1 saturated heterocycles. The predicted octanol–water partition coefficient (Wildman–Crippen LogP) is 4.45. The third-order valence-electron chi connectivity index (χ3n) is 4.48. The van der Waals surface area contributed by atoms with Crippen LogP contribution in [0.4, 0.5) is 0 Å². The van der Waals surface area contributed by atoms with Gasteiger partial charge < -0.3 is 9.57 Å². The molecule has 1 aliphatic rings. The van der Waals surface area contributed by atoms with Crippen LogP contribution >= 0.6 is 0 Å². The maximum Gasteiger partial charge on any atom is 0.199 e. The summed E-state index contributed by atoms with van der Waals surface area (Å²) in [5.41, 5.74) is 1.92. The Bertz CT molecular complexity index is 759. The van der Waals surface area contributed by atoms with Crippen molar-refractivity contribution in [3.05, 3.63) is 66.4 Å². The third-order valence-corrected chi connectivity index (χ3v) is 6.06. The monoisotopic (exact) mass is 431 g/mol. The molecule has 164 valence electrons. The van der Waals surface area contributed by atoms with Crippen LogP contribution in [0.3, 0.4) is 0 Å². The van der Waals surface area contributed by atoms with Crippen molar-refractivity contribution in [1.82, 2.24) is 8.61 Å². The molecule has 0 bridgehead atoms. The molecule has 0 spiro atoms. The summed E-state index contributed by atoms with van der Waals surface area (Å²) >= 11 is -1.13. The van der Waals surface area contributed by atoms with E-state index in [2.05, 4.69) is 11.7 Å². The molecule has 0 amide bonds. The number of allylic oxidation sites excluding steroid dienone is 4. The first-order valence-electron chi connectivity index (χ1n) is 10.5. The number of hydrogen-bond acceptors (Lipinski definition) is 4. The lowest BCUT2D eigenvalue weighted by atomic mass is 10.2. The van der Waals surface area contributed by atoms with E-state index in [1.54, 1.807) is 12.3 Å². The normalized spacial score (nSPS) is 17.9. The smallest absolute Gasteiger partial charge is 0.199 e.